The zero-order chi connectivity index (χ0) is 41.3. The van der Waals surface area contributed by atoms with Gasteiger partial charge in [0.2, 0.25) is 17.7 Å². The molecule has 0 bridgehead atoms. The largest absolute Gasteiger partial charge is 0.480 e. The minimum absolute atomic E-state index is 0.0371. The Morgan fingerprint density at radius 2 is 0.898 bits per heavy atom. The summed E-state index contributed by atoms with van der Waals surface area (Å²) < 4.78 is 5.56. The van der Waals surface area contributed by atoms with Crippen LogP contribution in [0, 0.1) is 0 Å². The van der Waals surface area contributed by atoms with Crippen LogP contribution >= 0.6 is 0 Å². The van der Waals surface area contributed by atoms with Gasteiger partial charge in [0.1, 0.15) is 12.1 Å². The predicted molar refractivity (Wildman–Crippen MR) is 227 cm³/mol. The summed E-state index contributed by atoms with van der Waals surface area (Å²) in [7, 11) is 0. The van der Waals surface area contributed by atoms with Crippen LogP contribution < -0.4 is 10.6 Å². The number of carboxylic acid groups (broad SMARTS) is 2. The molecule has 7 rings (SSSR count). The Balaban J connectivity index is 0.944. The van der Waals surface area contributed by atoms with Crippen LogP contribution in [0.25, 0.3) is 43.6 Å². The van der Waals surface area contributed by atoms with Crippen molar-refractivity contribution in [1.29, 1.82) is 0 Å². The van der Waals surface area contributed by atoms with Gasteiger partial charge in [0.05, 0.1) is 0 Å². The number of nitrogens with zero attached hydrogens (tertiary/aromatic N) is 4. The Hall–Kier alpha value is -6.89. The molecule has 0 fully saturated rings. The number of aliphatic carboxylic acids is 2. The summed E-state index contributed by atoms with van der Waals surface area (Å²) in [4.78, 5) is 66.4. The molecule has 13 nitrogen and oxygen atoms in total. The van der Waals surface area contributed by atoms with Crippen molar-refractivity contribution < 1.29 is 34.2 Å². The molecule has 59 heavy (non-hydrogen) atoms. The molecule has 3 aromatic heterocycles. The van der Waals surface area contributed by atoms with Crippen molar-refractivity contribution in [2.45, 2.75) is 57.2 Å². The van der Waals surface area contributed by atoms with E-state index in [2.05, 4.69) is 10.6 Å². The minimum atomic E-state index is -1.03. The average Bonchev–Trinajstić information content (AvgIpc) is 3.96. The molecular formula is C46H48N6O7. The summed E-state index contributed by atoms with van der Waals surface area (Å²) in [6.07, 6.45) is 4.78. The molecule has 7 aromatic rings. The van der Waals surface area contributed by atoms with Gasteiger partial charge in [-0.15, -0.1) is 0 Å². The molecule has 0 aliphatic heterocycles. The monoisotopic (exact) mass is 796 g/mol. The molecule has 0 radical (unpaired) electrons. The van der Waals surface area contributed by atoms with Crippen LogP contribution in [0.3, 0.4) is 0 Å². The number of aromatic nitrogens is 3. The van der Waals surface area contributed by atoms with Crippen molar-refractivity contribution in [3.63, 3.8) is 0 Å². The molecule has 13 heteroatoms. The van der Waals surface area contributed by atoms with Gasteiger partial charge in [0, 0.05) is 108 Å². The molecule has 0 spiro atoms. The zero-order valence-corrected chi connectivity index (χ0v) is 32.7. The third-order valence-electron chi connectivity index (χ3n) is 11.0. The molecule has 3 amide bonds. The highest BCUT2D eigenvalue weighted by molar-refractivity contribution is 6.09. The SMILES string of the molecule is O=C(CC[C@@H](C(=O)O)n1c2ccccc2c2ccccc21)NCCN(CCNC(=O)CC[C@@H](C(=O)O)n1c2ccccc2c2ccccc21)C(=O)CCCn1cccc1. The lowest BCUT2D eigenvalue weighted by Gasteiger charge is -2.24. The van der Waals surface area contributed by atoms with Crippen molar-refractivity contribution in [3.8, 4) is 0 Å². The number of carboxylic acids is 2. The van der Waals surface area contributed by atoms with Gasteiger partial charge >= 0.3 is 11.9 Å². The third kappa shape index (κ3) is 9.14. The maximum atomic E-state index is 13.4. The molecule has 4 N–H and O–H groups in total. The number of carbonyl (C=O) groups excluding carboxylic acids is 3. The smallest absolute Gasteiger partial charge is 0.326 e. The number of benzene rings is 4. The van der Waals surface area contributed by atoms with Gasteiger partial charge in [-0.1, -0.05) is 72.8 Å². The van der Waals surface area contributed by atoms with Crippen LogP contribution in [0.2, 0.25) is 0 Å². The fourth-order valence-corrected chi connectivity index (χ4v) is 8.13. The number of aryl methyl sites for hydroxylation is 1. The number of carbonyl (C=O) groups is 5. The van der Waals surface area contributed by atoms with Crippen LogP contribution in [-0.2, 0) is 30.5 Å². The lowest BCUT2D eigenvalue weighted by atomic mass is 10.1. The number of hydrogen-bond donors (Lipinski definition) is 4. The number of para-hydroxylation sites is 4. The Morgan fingerprint density at radius 1 is 0.525 bits per heavy atom. The Bertz CT molecular complexity index is 2350. The summed E-state index contributed by atoms with van der Waals surface area (Å²) in [6.45, 7) is 1.32. The topological polar surface area (TPSA) is 168 Å². The highest BCUT2D eigenvalue weighted by Gasteiger charge is 2.27. The summed E-state index contributed by atoms with van der Waals surface area (Å²) >= 11 is 0. The van der Waals surface area contributed by atoms with E-state index in [1.165, 1.54) is 0 Å². The Labute approximate surface area is 340 Å². The minimum Gasteiger partial charge on any atom is -0.480 e. The van der Waals surface area contributed by atoms with Crippen LogP contribution in [0.15, 0.2) is 122 Å². The van der Waals surface area contributed by atoms with E-state index < -0.39 is 24.0 Å². The molecule has 0 saturated heterocycles. The van der Waals surface area contributed by atoms with E-state index in [1.807, 2.05) is 126 Å². The van der Waals surface area contributed by atoms with Crippen molar-refractivity contribution >= 4 is 73.3 Å². The Kier molecular flexibility index (Phi) is 12.7. The van der Waals surface area contributed by atoms with Crippen LogP contribution in [0.4, 0.5) is 0 Å². The number of rotatable bonds is 20. The molecule has 0 aliphatic carbocycles. The van der Waals surface area contributed by atoms with Crippen molar-refractivity contribution in [1.82, 2.24) is 29.2 Å². The summed E-state index contributed by atoms with van der Waals surface area (Å²) in [5.74, 6) is -2.86. The van der Waals surface area contributed by atoms with E-state index in [0.717, 1.165) is 43.6 Å². The highest BCUT2D eigenvalue weighted by Crippen LogP contribution is 2.34. The standard InChI is InChI=1S/C46H48N6O7/c53-42(23-21-40(45(56)57)51-36-16-5-1-12-32(36)33-13-2-6-17-37(33)51)47-25-30-50(44(55)20-11-29-49-27-9-10-28-49)31-26-48-43(54)24-22-41(46(58)59)52-38-18-7-3-14-34(38)35-15-4-8-19-39(35)52/h1-10,12-19,27-28,40-41H,11,20-26,29-31H2,(H,47,53)(H,48,54)(H,56,57)(H,58,59)/t40-,41-/m0/s1. The number of fused-ring (bicyclic) bond motifs is 6. The number of hydrogen-bond acceptors (Lipinski definition) is 5. The lowest BCUT2D eigenvalue weighted by Crippen LogP contribution is -2.42. The molecule has 4 aromatic carbocycles. The zero-order valence-electron chi connectivity index (χ0n) is 32.7. The second-order valence-electron chi connectivity index (χ2n) is 14.7. The molecular weight excluding hydrogens is 749 g/mol. The number of amides is 3. The third-order valence-corrected chi connectivity index (χ3v) is 11.0. The maximum absolute atomic E-state index is 13.4. The summed E-state index contributed by atoms with van der Waals surface area (Å²) in [5.41, 5.74) is 3.13. The van der Waals surface area contributed by atoms with E-state index in [1.54, 1.807) is 14.0 Å². The molecule has 0 saturated carbocycles. The van der Waals surface area contributed by atoms with Gasteiger partial charge in [-0.3, -0.25) is 14.4 Å². The first-order valence-electron chi connectivity index (χ1n) is 20.0. The quantitative estimate of drug-likeness (QED) is 0.0662. The first kappa shape index (κ1) is 40.3. The van der Waals surface area contributed by atoms with Gasteiger partial charge in [0.25, 0.3) is 0 Å². The van der Waals surface area contributed by atoms with E-state index in [-0.39, 0.29) is 76.0 Å². The molecule has 3 heterocycles. The van der Waals surface area contributed by atoms with Crippen molar-refractivity contribution in [3.05, 3.63) is 122 Å². The maximum Gasteiger partial charge on any atom is 0.326 e. The van der Waals surface area contributed by atoms with Crippen LogP contribution in [-0.4, -0.2) is 84.7 Å². The van der Waals surface area contributed by atoms with E-state index >= 15 is 0 Å². The highest BCUT2D eigenvalue weighted by atomic mass is 16.4. The summed E-state index contributed by atoms with van der Waals surface area (Å²) in [6, 6.07) is 32.4. The van der Waals surface area contributed by atoms with Gasteiger partial charge in [-0.25, -0.2) is 9.59 Å². The van der Waals surface area contributed by atoms with Gasteiger partial charge in [-0.05, 0) is 55.7 Å². The Morgan fingerprint density at radius 3 is 1.27 bits per heavy atom. The van der Waals surface area contributed by atoms with E-state index in [0.29, 0.717) is 13.0 Å². The molecule has 0 aliphatic rings. The number of nitrogens with one attached hydrogen (secondary N) is 2. The molecule has 0 unspecified atom stereocenters. The fourth-order valence-electron chi connectivity index (χ4n) is 8.13. The normalized spacial score (nSPS) is 12.5. The molecule has 304 valence electrons. The van der Waals surface area contributed by atoms with Crippen molar-refractivity contribution in [2.24, 2.45) is 0 Å². The van der Waals surface area contributed by atoms with Gasteiger partial charge in [0.15, 0.2) is 0 Å². The summed E-state index contributed by atoms with van der Waals surface area (Å²) in [5, 5.41) is 30.1. The first-order chi connectivity index (χ1) is 28.7. The molecule has 2 atom stereocenters. The first-order valence-corrected chi connectivity index (χ1v) is 20.0. The van der Waals surface area contributed by atoms with Crippen LogP contribution in [0.5, 0.6) is 0 Å². The second kappa shape index (κ2) is 18.6. The predicted octanol–water partition coefficient (Wildman–Crippen LogP) is 6.76. The van der Waals surface area contributed by atoms with Gasteiger partial charge < -0.3 is 39.4 Å². The van der Waals surface area contributed by atoms with Gasteiger partial charge in [-0.2, -0.15) is 0 Å². The van der Waals surface area contributed by atoms with E-state index in [9.17, 15) is 34.2 Å². The van der Waals surface area contributed by atoms with Crippen molar-refractivity contribution in [2.75, 3.05) is 26.2 Å². The second-order valence-corrected chi connectivity index (χ2v) is 14.7. The van der Waals surface area contributed by atoms with E-state index in [4.69, 9.17) is 0 Å². The average molecular weight is 797 g/mol. The fraction of sp³-hybridized carbons (Fsp3) is 0.283. The lowest BCUT2D eigenvalue weighted by molar-refractivity contribution is -0.142. The van der Waals surface area contributed by atoms with Crippen LogP contribution in [0.1, 0.15) is 50.6 Å².